The van der Waals surface area contributed by atoms with Crippen LogP contribution < -0.4 is 10.1 Å². The summed E-state index contributed by atoms with van der Waals surface area (Å²) in [7, 11) is 0. The smallest absolute Gasteiger partial charge is 0.258 e. The lowest BCUT2D eigenvalue weighted by Crippen LogP contribution is -2.75. The van der Waals surface area contributed by atoms with Crippen LogP contribution in [0.5, 0.6) is 5.75 Å². The molecule has 3 fully saturated rings. The number of nitrogens with one attached hydrogen (secondary N) is 1. The zero-order valence-electron chi connectivity index (χ0n) is 14.9. The van der Waals surface area contributed by atoms with Gasteiger partial charge in [0, 0.05) is 23.6 Å². The second kappa shape index (κ2) is 6.85. The monoisotopic (exact) mass is 405 g/mol. The average molecular weight is 406 g/mol. The Bertz CT molecular complexity index is 943. The van der Waals surface area contributed by atoms with Crippen molar-refractivity contribution in [1.82, 2.24) is 5.32 Å². The van der Waals surface area contributed by atoms with E-state index in [0.29, 0.717) is 12.0 Å². The third-order valence-electron chi connectivity index (χ3n) is 5.49. The van der Waals surface area contributed by atoms with E-state index < -0.39 is 11.6 Å². The zero-order valence-corrected chi connectivity index (χ0v) is 15.7. The van der Waals surface area contributed by atoms with Crippen molar-refractivity contribution in [1.29, 1.82) is 0 Å². The van der Waals surface area contributed by atoms with Crippen molar-refractivity contribution in [3.63, 3.8) is 0 Å². The molecular formula is C21H18ClF2NO3. The topological polar surface area (TPSA) is 55.4 Å². The van der Waals surface area contributed by atoms with Crippen LogP contribution in [0, 0.1) is 17.0 Å². The van der Waals surface area contributed by atoms with E-state index in [1.165, 1.54) is 30.3 Å². The van der Waals surface area contributed by atoms with E-state index >= 15 is 0 Å². The van der Waals surface area contributed by atoms with Crippen LogP contribution in [-0.4, -0.2) is 23.8 Å². The number of carbonyl (C=O) groups is 2. The van der Waals surface area contributed by atoms with Crippen molar-refractivity contribution in [3.05, 3.63) is 64.7 Å². The summed E-state index contributed by atoms with van der Waals surface area (Å²) in [6.45, 7) is -0.224. The van der Waals surface area contributed by atoms with Crippen molar-refractivity contribution < 1.29 is 23.1 Å². The highest BCUT2D eigenvalue weighted by molar-refractivity contribution is 6.30. The highest BCUT2D eigenvalue weighted by Gasteiger charge is 2.68. The Kier molecular flexibility index (Phi) is 4.62. The fourth-order valence-electron chi connectivity index (χ4n) is 4.47. The van der Waals surface area contributed by atoms with Gasteiger partial charge in [0.2, 0.25) is 0 Å². The second-order valence-electron chi connectivity index (χ2n) is 7.83. The minimum Gasteiger partial charge on any atom is -0.484 e. The summed E-state index contributed by atoms with van der Waals surface area (Å²) in [6, 6.07) is 9.69. The van der Waals surface area contributed by atoms with Crippen LogP contribution in [0.3, 0.4) is 0 Å². The highest BCUT2D eigenvalue weighted by atomic mass is 35.5. The molecule has 2 aromatic carbocycles. The van der Waals surface area contributed by atoms with Gasteiger partial charge < -0.3 is 10.1 Å². The average Bonchev–Trinajstić information content (AvgIpc) is 2.59. The maximum atomic E-state index is 13.4. The first-order chi connectivity index (χ1) is 13.3. The van der Waals surface area contributed by atoms with Gasteiger partial charge in [-0.05, 0) is 48.9 Å². The van der Waals surface area contributed by atoms with Crippen LogP contribution in [0.2, 0.25) is 5.02 Å². The van der Waals surface area contributed by atoms with Gasteiger partial charge in [-0.2, -0.15) is 0 Å². The number of hydrogen-bond donors (Lipinski definition) is 1. The maximum absolute atomic E-state index is 13.4. The van der Waals surface area contributed by atoms with Gasteiger partial charge in [0.05, 0.1) is 5.02 Å². The van der Waals surface area contributed by atoms with Crippen LogP contribution in [-0.2, 0) is 4.79 Å². The molecule has 0 atom stereocenters. The molecule has 3 saturated carbocycles. The molecule has 0 unspecified atom stereocenters. The van der Waals surface area contributed by atoms with Crippen molar-refractivity contribution in [3.8, 4) is 5.75 Å². The molecule has 1 N–H and O–H groups in total. The van der Waals surface area contributed by atoms with Crippen molar-refractivity contribution in [2.75, 3.05) is 6.61 Å². The van der Waals surface area contributed by atoms with E-state index in [4.69, 9.17) is 16.3 Å². The number of benzene rings is 2. The van der Waals surface area contributed by atoms with E-state index in [9.17, 15) is 18.4 Å². The number of rotatable bonds is 7. The van der Waals surface area contributed by atoms with Gasteiger partial charge in [0.1, 0.15) is 17.4 Å². The highest BCUT2D eigenvalue weighted by Crippen LogP contribution is 2.69. The van der Waals surface area contributed by atoms with Crippen molar-refractivity contribution in [2.24, 2.45) is 5.41 Å². The van der Waals surface area contributed by atoms with Gasteiger partial charge in [0.15, 0.2) is 12.4 Å². The number of carbonyl (C=O) groups excluding carboxylic acids is 2. The van der Waals surface area contributed by atoms with Gasteiger partial charge in [0.25, 0.3) is 5.91 Å². The molecule has 7 heteroatoms. The third-order valence-corrected chi connectivity index (χ3v) is 5.79. The minimum absolute atomic E-state index is 0.0104. The lowest BCUT2D eigenvalue weighted by molar-refractivity contribution is -0.164. The summed E-state index contributed by atoms with van der Waals surface area (Å²) in [6.07, 6.45) is 2.53. The summed E-state index contributed by atoms with van der Waals surface area (Å²) in [4.78, 5) is 24.5. The van der Waals surface area contributed by atoms with Gasteiger partial charge in [-0.25, -0.2) is 8.78 Å². The molecule has 3 aliphatic rings. The molecule has 2 bridgehead atoms. The number of ketones is 1. The number of halogens is 3. The summed E-state index contributed by atoms with van der Waals surface area (Å²) < 4.78 is 31.9. The first-order valence-electron chi connectivity index (χ1n) is 8.96. The molecule has 4 nitrogen and oxygen atoms in total. The summed E-state index contributed by atoms with van der Waals surface area (Å²) in [5, 5.41) is 2.94. The molecule has 5 rings (SSSR count). The molecule has 28 heavy (non-hydrogen) atoms. The predicted octanol–water partition coefficient (Wildman–Crippen LogP) is 4.31. The molecular weight excluding hydrogens is 388 g/mol. The Hall–Kier alpha value is -2.47. The Labute approximate surface area is 165 Å². The van der Waals surface area contributed by atoms with E-state index in [1.54, 1.807) is 6.07 Å². The Morgan fingerprint density at radius 2 is 1.86 bits per heavy atom. The van der Waals surface area contributed by atoms with Crippen LogP contribution in [0.4, 0.5) is 8.78 Å². The molecule has 3 aliphatic carbocycles. The van der Waals surface area contributed by atoms with Gasteiger partial charge in [-0.3, -0.25) is 9.59 Å². The molecule has 1 amide bonds. The Morgan fingerprint density at radius 3 is 2.54 bits per heavy atom. The van der Waals surface area contributed by atoms with Crippen LogP contribution in [0.15, 0.2) is 42.5 Å². The fourth-order valence-corrected chi connectivity index (χ4v) is 4.59. The minimum atomic E-state index is -0.607. The number of hydrogen-bond acceptors (Lipinski definition) is 3. The van der Waals surface area contributed by atoms with Crippen LogP contribution in [0.1, 0.15) is 36.0 Å². The molecule has 2 aromatic rings. The lowest BCUT2D eigenvalue weighted by atomic mass is 9.38. The fraction of sp³-hybridized carbons (Fsp3) is 0.333. The van der Waals surface area contributed by atoms with Gasteiger partial charge >= 0.3 is 0 Å². The van der Waals surface area contributed by atoms with E-state index in [-0.39, 0.29) is 40.0 Å². The van der Waals surface area contributed by atoms with E-state index in [2.05, 4.69) is 5.32 Å². The van der Waals surface area contributed by atoms with Gasteiger partial charge in [-0.1, -0.05) is 23.7 Å². The number of Topliss-reactive ketones (excluding diaryl/α,β-unsaturated/α-hetero) is 1. The Morgan fingerprint density at radius 1 is 1.11 bits per heavy atom. The first-order valence-corrected chi connectivity index (χ1v) is 9.34. The van der Waals surface area contributed by atoms with Gasteiger partial charge in [-0.15, -0.1) is 0 Å². The van der Waals surface area contributed by atoms with Crippen LogP contribution in [0.25, 0.3) is 0 Å². The maximum Gasteiger partial charge on any atom is 0.258 e. The number of amides is 1. The summed E-state index contributed by atoms with van der Waals surface area (Å²) >= 11 is 5.61. The van der Waals surface area contributed by atoms with Crippen molar-refractivity contribution >= 4 is 23.3 Å². The summed E-state index contributed by atoms with van der Waals surface area (Å²) in [5.74, 6) is -1.17. The standard InChI is InChI=1S/C21H18ClF2NO3/c22-16-5-4-15(7-17(16)24)28-9-19(27)25-21-10-20(11-21,12-21)8-18(26)13-2-1-3-14(23)6-13/h1-7H,8-12H2,(H,25,27). The first kappa shape index (κ1) is 18.9. The molecule has 0 saturated heterocycles. The second-order valence-corrected chi connectivity index (χ2v) is 8.24. The molecule has 0 spiro atoms. The predicted molar refractivity (Wildman–Crippen MR) is 99.4 cm³/mol. The molecule has 0 radical (unpaired) electrons. The van der Waals surface area contributed by atoms with E-state index in [0.717, 1.165) is 25.3 Å². The quantitative estimate of drug-likeness (QED) is 0.698. The summed E-state index contributed by atoms with van der Waals surface area (Å²) in [5.41, 5.74) is -0.00324. The van der Waals surface area contributed by atoms with E-state index in [1.807, 2.05) is 0 Å². The SMILES string of the molecule is O=C(COc1ccc(Cl)c(F)c1)NC12CC(CC(=O)c3cccc(F)c3)(C1)C2. The molecule has 0 aromatic heterocycles. The zero-order chi connectivity index (χ0) is 19.9. The van der Waals surface area contributed by atoms with Crippen LogP contribution >= 0.6 is 11.6 Å². The molecule has 146 valence electrons. The Balaban J connectivity index is 1.24. The van der Waals surface area contributed by atoms with Crippen molar-refractivity contribution in [2.45, 2.75) is 31.2 Å². The molecule has 0 heterocycles. The third kappa shape index (κ3) is 3.61. The normalized spacial score (nSPS) is 24.7. The largest absolute Gasteiger partial charge is 0.484 e. The molecule has 0 aliphatic heterocycles. The number of ether oxygens (including phenoxy) is 1. The lowest BCUT2D eigenvalue weighted by Gasteiger charge is -2.70.